The van der Waals surface area contributed by atoms with E-state index in [9.17, 15) is 4.39 Å². The van der Waals surface area contributed by atoms with E-state index in [0.29, 0.717) is 24.9 Å². The zero-order valence-corrected chi connectivity index (χ0v) is 14.4. The minimum absolute atomic E-state index is 0.232. The first-order valence-corrected chi connectivity index (χ1v) is 8.41. The molecule has 1 heterocycles. The van der Waals surface area contributed by atoms with Crippen LogP contribution in [0.25, 0.3) is 0 Å². The van der Waals surface area contributed by atoms with Crippen LogP contribution in [0, 0.1) is 5.82 Å². The Bertz CT molecular complexity index is 841. The lowest BCUT2D eigenvalue weighted by Gasteiger charge is -2.11. The highest BCUT2D eigenvalue weighted by Crippen LogP contribution is 2.26. The maximum absolute atomic E-state index is 12.9. The molecular formula is C19H20FN5O. The van der Waals surface area contributed by atoms with Crippen LogP contribution in [0.15, 0.2) is 54.7 Å². The number of para-hydroxylation sites is 2. The first-order valence-electron chi connectivity index (χ1n) is 8.41. The second kappa shape index (κ2) is 8.75. The maximum Gasteiger partial charge on any atom is 0.249 e. The third-order valence-corrected chi connectivity index (χ3v) is 3.63. The van der Waals surface area contributed by atoms with Crippen molar-refractivity contribution in [1.82, 2.24) is 15.2 Å². The number of hydrogen-bond acceptors (Lipinski definition) is 6. The molecule has 1 aromatic heterocycles. The monoisotopic (exact) mass is 353 g/mol. The number of hydrogen-bond donors (Lipinski definition) is 2. The van der Waals surface area contributed by atoms with E-state index < -0.39 is 0 Å². The summed E-state index contributed by atoms with van der Waals surface area (Å²) in [5, 5.41) is 14.3. The molecule has 0 fully saturated rings. The van der Waals surface area contributed by atoms with Gasteiger partial charge in [-0.15, -0.1) is 5.10 Å². The molecule has 0 amide bonds. The lowest BCUT2D eigenvalue weighted by Crippen LogP contribution is -2.09. The zero-order valence-electron chi connectivity index (χ0n) is 14.4. The molecule has 7 heteroatoms. The molecule has 0 atom stereocenters. The Hall–Kier alpha value is -3.22. The minimum Gasteiger partial charge on any atom is -0.492 e. The number of halogens is 1. The number of rotatable bonds is 8. The van der Waals surface area contributed by atoms with E-state index in [2.05, 4.69) is 25.8 Å². The first-order chi connectivity index (χ1) is 12.7. The number of benzene rings is 2. The third kappa shape index (κ3) is 4.89. The van der Waals surface area contributed by atoms with Gasteiger partial charge < -0.3 is 15.4 Å². The molecule has 6 nitrogen and oxygen atoms in total. The summed E-state index contributed by atoms with van der Waals surface area (Å²) >= 11 is 0. The average molecular weight is 353 g/mol. The summed E-state index contributed by atoms with van der Waals surface area (Å²) in [5.74, 6) is 1.49. The van der Waals surface area contributed by atoms with Crippen LogP contribution in [0.2, 0.25) is 0 Å². The summed E-state index contributed by atoms with van der Waals surface area (Å²) in [6.07, 6.45) is 2.31. The van der Waals surface area contributed by atoms with Crippen molar-refractivity contribution < 1.29 is 9.13 Å². The van der Waals surface area contributed by atoms with Crippen molar-refractivity contribution >= 4 is 17.5 Å². The van der Waals surface area contributed by atoms with Gasteiger partial charge in [0.1, 0.15) is 11.6 Å². The molecule has 0 unspecified atom stereocenters. The highest BCUT2D eigenvalue weighted by molar-refractivity contribution is 5.62. The lowest BCUT2D eigenvalue weighted by molar-refractivity contribution is 0.342. The van der Waals surface area contributed by atoms with Crippen LogP contribution in [0.4, 0.5) is 21.8 Å². The Morgan fingerprint density at radius 1 is 1.08 bits per heavy atom. The predicted molar refractivity (Wildman–Crippen MR) is 99.3 cm³/mol. The Balaban J connectivity index is 1.60. The molecule has 0 saturated heterocycles. The highest BCUT2D eigenvalue weighted by atomic mass is 19.1. The summed E-state index contributed by atoms with van der Waals surface area (Å²) in [5.41, 5.74) is 1.82. The summed E-state index contributed by atoms with van der Waals surface area (Å²) in [4.78, 5) is 4.40. The average Bonchev–Trinajstić information content (AvgIpc) is 2.66. The Morgan fingerprint density at radius 3 is 2.69 bits per heavy atom. The van der Waals surface area contributed by atoms with Gasteiger partial charge in [-0.05, 0) is 43.2 Å². The molecule has 0 aliphatic rings. The molecule has 0 aliphatic heterocycles. The van der Waals surface area contributed by atoms with Crippen LogP contribution in [0.5, 0.6) is 5.75 Å². The quantitative estimate of drug-likeness (QED) is 0.642. The van der Waals surface area contributed by atoms with E-state index in [1.165, 1.54) is 12.1 Å². The van der Waals surface area contributed by atoms with Crippen molar-refractivity contribution in [3.63, 3.8) is 0 Å². The van der Waals surface area contributed by atoms with Crippen LogP contribution >= 0.6 is 0 Å². The summed E-state index contributed by atoms with van der Waals surface area (Å²) in [6.45, 7) is 3.16. The number of nitrogens with one attached hydrogen (secondary N) is 2. The summed E-state index contributed by atoms with van der Waals surface area (Å²) in [6, 6.07) is 14.0. The predicted octanol–water partition coefficient (Wildman–Crippen LogP) is 3.81. The van der Waals surface area contributed by atoms with E-state index in [1.807, 2.05) is 31.2 Å². The molecule has 0 saturated carbocycles. The second-order valence-corrected chi connectivity index (χ2v) is 5.52. The second-order valence-electron chi connectivity index (χ2n) is 5.52. The molecule has 0 bridgehead atoms. The van der Waals surface area contributed by atoms with Crippen LogP contribution in [-0.2, 0) is 6.42 Å². The van der Waals surface area contributed by atoms with Crippen LogP contribution in [-0.4, -0.2) is 28.3 Å². The fourth-order valence-corrected chi connectivity index (χ4v) is 2.40. The van der Waals surface area contributed by atoms with Crippen molar-refractivity contribution in [3.05, 3.63) is 66.1 Å². The van der Waals surface area contributed by atoms with Gasteiger partial charge in [-0.25, -0.2) is 4.39 Å². The van der Waals surface area contributed by atoms with Crippen LogP contribution in [0.3, 0.4) is 0 Å². The van der Waals surface area contributed by atoms with Gasteiger partial charge in [0.15, 0.2) is 5.82 Å². The van der Waals surface area contributed by atoms with Gasteiger partial charge in [0.05, 0.1) is 18.5 Å². The number of anilines is 3. The SMILES string of the molecule is CCOc1ccccc1Nc1nncc(NCCc2ccc(F)cc2)n1. The van der Waals surface area contributed by atoms with Crippen molar-refractivity contribution in [2.45, 2.75) is 13.3 Å². The largest absolute Gasteiger partial charge is 0.492 e. The maximum atomic E-state index is 12.9. The van der Waals surface area contributed by atoms with E-state index >= 15 is 0 Å². The Morgan fingerprint density at radius 2 is 1.88 bits per heavy atom. The first kappa shape index (κ1) is 17.6. The van der Waals surface area contributed by atoms with E-state index in [4.69, 9.17) is 4.74 Å². The van der Waals surface area contributed by atoms with E-state index in [1.54, 1.807) is 18.3 Å². The Labute approximate surface area is 151 Å². The van der Waals surface area contributed by atoms with Gasteiger partial charge in [0.25, 0.3) is 0 Å². The van der Waals surface area contributed by atoms with Crippen LogP contribution in [0.1, 0.15) is 12.5 Å². The van der Waals surface area contributed by atoms with E-state index in [-0.39, 0.29) is 5.82 Å². The van der Waals surface area contributed by atoms with Crippen molar-refractivity contribution in [2.75, 3.05) is 23.8 Å². The fraction of sp³-hybridized carbons (Fsp3) is 0.211. The van der Waals surface area contributed by atoms with E-state index in [0.717, 1.165) is 23.4 Å². The van der Waals surface area contributed by atoms with Crippen molar-refractivity contribution in [3.8, 4) is 5.75 Å². The van der Waals surface area contributed by atoms with Gasteiger partial charge in [-0.2, -0.15) is 10.1 Å². The fourth-order valence-electron chi connectivity index (χ4n) is 2.40. The smallest absolute Gasteiger partial charge is 0.249 e. The van der Waals surface area contributed by atoms with Gasteiger partial charge in [-0.3, -0.25) is 0 Å². The highest BCUT2D eigenvalue weighted by Gasteiger charge is 2.06. The van der Waals surface area contributed by atoms with Crippen LogP contribution < -0.4 is 15.4 Å². The minimum atomic E-state index is -0.232. The normalized spacial score (nSPS) is 10.4. The summed E-state index contributed by atoms with van der Waals surface area (Å²) < 4.78 is 18.5. The number of ether oxygens (including phenoxy) is 1. The molecule has 3 rings (SSSR count). The van der Waals surface area contributed by atoms with Crippen molar-refractivity contribution in [1.29, 1.82) is 0 Å². The molecular weight excluding hydrogens is 333 g/mol. The molecule has 134 valence electrons. The molecule has 26 heavy (non-hydrogen) atoms. The molecule has 3 aromatic rings. The lowest BCUT2D eigenvalue weighted by atomic mass is 10.1. The zero-order chi connectivity index (χ0) is 18.2. The third-order valence-electron chi connectivity index (χ3n) is 3.63. The van der Waals surface area contributed by atoms with Gasteiger partial charge in [0, 0.05) is 6.54 Å². The molecule has 0 spiro atoms. The molecule has 0 radical (unpaired) electrons. The topological polar surface area (TPSA) is 72.0 Å². The molecule has 2 N–H and O–H groups in total. The molecule has 0 aliphatic carbocycles. The number of aromatic nitrogens is 3. The van der Waals surface area contributed by atoms with Gasteiger partial charge in [-0.1, -0.05) is 24.3 Å². The summed E-state index contributed by atoms with van der Waals surface area (Å²) in [7, 11) is 0. The Kier molecular flexibility index (Phi) is 5.92. The van der Waals surface area contributed by atoms with Crippen molar-refractivity contribution in [2.24, 2.45) is 0 Å². The molecule has 2 aromatic carbocycles. The standard InChI is InChI=1S/C19H20FN5O/c1-2-26-17-6-4-3-5-16(17)23-19-24-18(13-22-25-19)21-12-11-14-7-9-15(20)10-8-14/h3-10,13H,2,11-12H2,1H3,(H2,21,23,24,25). The van der Waals surface area contributed by atoms with Gasteiger partial charge >= 0.3 is 0 Å². The number of nitrogens with zero attached hydrogens (tertiary/aromatic N) is 3. The van der Waals surface area contributed by atoms with Gasteiger partial charge in [0.2, 0.25) is 5.95 Å².